The second-order valence-electron chi connectivity index (χ2n) is 9.46. The molecule has 0 amide bonds. The Morgan fingerprint density at radius 2 is 1.25 bits per heavy atom. The summed E-state index contributed by atoms with van der Waals surface area (Å²) in [7, 11) is 0. The van der Waals surface area contributed by atoms with Gasteiger partial charge in [-0.3, -0.25) is 9.59 Å². The van der Waals surface area contributed by atoms with Crippen LogP contribution >= 0.6 is 0 Å². The molecule has 1 atom stereocenters. The molecule has 0 heterocycles. The van der Waals surface area contributed by atoms with E-state index in [1.807, 2.05) is 0 Å². The van der Waals surface area contributed by atoms with Crippen molar-refractivity contribution in [3.63, 3.8) is 0 Å². The van der Waals surface area contributed by atoms with Gasteiger partial charge < -0.3 is 9.47 Å². The molecule has 0 aliphatic rings. The van der Waals surface area contributed by atoms with Crippen LogP contribution in [0.3, 0.4) is 0 Å². The molecule has 0 aromatic carbocycles. The summed E-state index contributed by atoms with van der Waals surface area (Å²) in [6.45, 7) is 11.9. The Morgan fingerprint density at radius 1 is 0.750 bits per heavy atom. The van der Waals surface area contributed by atoms with E-state index in [0.29, 0.717) is 32.0 Å². The fourth-order valence-corrected chi connectivity index (χ4v) is 3.46. The molecule has 0 saturated heterocycles. The molecule has 166 valence electrons. The van der Waals surface area contributed by atoms with Crippen molar-refractivity contribution in [3.8, 4) is 0 Å². The monoisotopic (exact) mass is 398 g/mol. The Hall–Kier alpha value is -1.06. The third-order valence-corrected chi connectivity index (χ3v) is 4.76. The Balaban J connectivity index is 3.48. The van der Waals surface area contributed by atoms with Crippen molar-refractivity contribution in [2.75, 3.05) is 13.2 Å². The summed E-state index contributed by atoms with van der Waals surface area (Å²) in [4.78, 5) is 23.5. The number of rotatable bonds is 17. The average Bonchev–Trinajstić information content (AvgIpc) is 2.60. The minimum atomic E-state index is -0.215. The van der Waals surface area contributed by atoms with Crippen LogP contribution in [0.15, 0.2) is 0 Å². The predicted molar refractivity (Wildman–Crippen MR) is 116 cm³/mol. The SMILES string of the molecule is CCCCCCCCCCCOC(=O)CCCC(=O)OCC(C)CC(C)(C)C. The molecule has 0 aliphatic carbocycles. The lowest BCUT2D eigenvalue weighted by Gasteiger charge is -2.22. The van der Waals surface area contributed by atoms with E-state index in [2.05, 4.69) is 34.6 Å². The van der Waals surface area contributed by atoms with E-state index >= 15 is 0 Å². The number of hydrogen-bond donors (Lipinski definition) is 0. The van der Waals surface area contributed by atoms with E-state index in [4.69, 9.17) is 9.47 Å². The lowest BCUT2D eigenvalue weighted by Crippen LogP contribution is -2.17. The van der Waals surface area contributed by atoms with Crippen LogP contribution in [-0.4, -0.2) is 25.2 Å². The topological polar surface area (TPSA) is 52.6 Å². The van der Waals surface area contributed by atoms with Crippen molar-refractivity contribution in [2.24, 2.45) is 11.3 Å². The summed E-state index contributed by atoms with van der Waals surface area (Å²) < 4.78 is 10.6. The first-order chi connectivity index (χ1) is 13.2. The number of unbranched alkanes of at least 4 members (excludes halogenated alkanes) is 8. The maximum absolute atomic E-state index is 11.8. The van der Waals surface area contributed by atoms with Crippen LogP contribution in [-0.2, 0) is 19.1 Å². The average molecular weight is 399 g/mol. The Labute approximate surface area is 174 Å². The molecule has 0 radical (unpaired) electrons. The van der Waals surface area contributed by atoms with E-state index < -0.39 is 0 Å². The molecule has 1 unspecified atom stereocenters. The second-order valence-corrected chi connectivity index (χ2v) is 9.46. The molecule has 0 aliphatic heterocycles. The summed E-state index contributed by atoms with van der Waals surface area (Å²) in [5.41, 5.74) is 0.240. The molecule has 0 aromatic heterocycles. The van der Waals surface area contributed by atoms with Crippen molar-refractivity contribution in [2.45, 2.75) is 118 Å². The van der Waals surface area contributed by atoms with Crippen LogP contribution in [0.4, 0.5) is 0 Å². The number of carbonyl (C=O) groups is 2. The van der Waals surface area contributed by atoms with Crippen molar-refractivity contribution in [1.29, 1.82) is 0 Å². The maximum Gasteiger partial charge on any atom is 0.305 e. The highest BCUT2D eigenvalue weighted by molar-refractivity contribution is 5.72. The molecule has 0 fully saturated rings. The summed E-state index contributed by atoms with van der Waals surface area (Å²) in [6.07, 6.45) is 13.4. The van der Waals surface area contributed by atoms with E-state index in [9.17, 15) is 9.59 Å². The zero-order chi connectivity index (χ0) is 21.3. The normalized spacial score (nSPS) is 12.6. The standard InChI is InChI=1S/C24H46O4/c1-6-7-8-9-10-11-12-13-14-18-27-22(25)16-15-17-23(26)28-20-21(2)19-24(3,4)5/h21H,6-20H2,1-5H3. The first-order valence-electron chi connectivity index (χ1n) is 11.6. The van der Waals surface area contributed by atoms with Crippen LogP contribution in [0.25, 0.3) is 0 Å². The second kappa shape index (κ2) is 16.9. The lowest BCUT2D eigenvalue weighted by atomic mass is 9.86. The van der Waals surface area contributed by atoms with Crippen LogP contribution in [0.5, 0.6) is 0 Å². The molecular weight excluding hydrogens is 352 g/mol. The Morgan fingerprint density at radius 3 is 1.79 bits per heavy atom. The van der Waals surface area contributed by atoms with E-state index in [1.165, 1.54) is 44.9 Å². The minimum absolute atomic E-state index is 0.200. The van der Waals surface area contributed by atoms with Gasteiger partial charge in [-0.15, -0.1) is 0 Å². The van der Waals surface area contributed by atoms with Gasteiger partial charge in [0.05, 0.1) is 13.2 Å². The van der Waals surface area contributed by atoms with Gasteiger partial charge >= 0.3 is 11.9 Å². The van der Waals surface area contributed by atoms with Gasteiger partial charge in [0, 0.05) is 12.8 Å². The fourth-order valence-electron chi connectivity index (χ4n) is 3.46. The molecule has 0 rings (SSSR count). The van der Waals surface area contributed by atoms with Gasteiger partial charge in [-0.1, -0.05) is 86.0 Å². The zero-order valence-electron chi connectivity index (χ0n) is 19.3. The Bertz CT molecular complexity index is 398. The summed E-state index contributed by atoms with van der Waals surface area (Å²) >= 11 is 0. The molecule has 28 heavy (non-hydrogen) atoms. The van der Waals surface area contributed by atoms with Gasteiger partial charge in [-0.25, -0.2) is 0 Å². The minimum Gasteiger partial charge on any atom is -0.466 e. The van der Waals surface area contributed by atoms with Crippen LogP contribution in [0.2, 0.25) is 0 Å². The van der Waals surface area contributed by atoms with E-state index in [1.54, 1.807) is 0 Å². The molecule has 0 aromatic rings. The third-order valence-electron chi connectivity index (χ3n) is 4.76. The quantitative estimate of drug-likeness (QED) is 0.199. The summed E-state index contributed by atoms with van der Waals surface area (Å²) in [5, 5.41) is 0. The number of ether oxygens (including phenoxy) is 2. The van der Waals surface area contributed by atoms with Crippen molar-refractivity contribution in [3.05, 3.63) is 0 Å². The van der Waals surface area contributed by atoms with Crippen LogP contribution in [0, 0.1) is 11.3 Å². The molecule has 0 N–H and O–H groups in total. The first-order valence-corrected chi connectivity index (χ1v) is 11.6. The van der Waals surface area contributed by atoms with Crippen LogP contribution in [0.1, 0.15) is 118 Å². The van der Waals surface area contributed by atoms with Gasteiger partial charge in [-0.2, -0.15) is 0 Å². The highest BCUT2D eigenvalue weighted by Crippen LogP contribution is 2.24. The summed E-state index contributed by atoms with van der Waals surface area (Å²) in [6, 6.07) is 0. The highest BCUT2D eigenvalue weighted by atomic mass is 16.5. The molecule has 4 nitrogen and oxygen atoms in total. The first kappa shape index (κ1) is 26.9. The molecule has 0 saturated carbocycles. The lowest BCUT2D eigenvalue weighted by molar-refractivity contribution is -0.146. The molecule has 4 heteroatoms. The third kappa shape index (κ3) is 19.7. The van der Waals surface area contributed by atoms with E-state index in [0.717, 1.165) is 19.3 Å². The largest absolute Gasteiger partial charge is 0.466 e. The number of esters is 2. The highest BCUT2D eigenvalue weighted by Gasteiger charge is 2.16. The Kier molecular flexibility index (Phi) is 16.2. The van der Waals surface area contributed by atoms with Crippen molar-refractivity contribution < 1.29 is 19.1 Å². The van der Waals surface area contributed by atoms with Crippen molar-refractivity contribution in [1.82, 2.24) is 0 Å². The zero-order valence-corrected chi connectivity index (χ0v) is 19.3. The molecule has 0 bridgehead atoms. The van der Waals surface area contributed by atoms with Gasteiger partial charge in [0.2, 0.25) is 0 Å². The van der Waals surface area contributed by atoms with Crippen molar-refractivity contribution >= 4 is 11.9 Å². The number of carbonyl (C=O) groups excluding carboxylic acids is 2. The predicted octanol–water partition coefficient (Wildman–Crippen LogP) is 6.85. The van der Waals surface area contributed by atoms with Gasteiger partial charge in [0.15, 0.2) is 0 Å². The fraction of sp³-hybridized carbons (Fsp3) is 0.917. The van der Waals surface area contributed by atoms with E-state index in [-0.39, 0.29) is 23.8 Å². The molecular formula is C24H46O4. The van der Waals surface area contributed by atoms with Gasteiger partial charge in [0.1, 0.15) is 0 Å². The van der Waals surface area contributed by atoms with Gasteiger partial charge in [-0.05, 0) is 30.6 Å². The van der Waals surface area contributed by atoms with Crippen LogP contribution < -0.4 is 0 Å². The van der Waals surface area contributed by atoms with Gasteiger partial charge in [0.25, 0.3) is 0 Å². The maximum atomic E-state index is 11.8. The smallest absolute Gasteiger partial charge is 0.305 e. The molecule has 0 spiro atoms. The number of hydrogen-bond acceptors (Lipinski definition) is 4. The summed E-state index contributed by atoms with van der Waals surface area (Å²) in [5.74, 6) is -0.0637.